The minimum Gasteiger partial charge on any atom is -0.394 e. The van der Waals surface area contributed by atoms with Crippen molar-refractivity contribution in [1.29, 1.82) is 0 Å². The third-order valence-electron chi connectivity index (χ3n) is 9.21. The van der Waals surface area contributed by atoms with Crippen LogP contribution in [0.1, 0.15) is 62.1 Å². The summed E-state index contributed by atoms with van der Waals surface area (Å²) in [7, 11) is -1.08. The number of aliphatic hydroxyl groups excluding tert-OH is 1. The van der Waals surface area contributed by atoms with E-state index in [1.165, 1.54) is 18.4 Å². The van der Waals surface area contributed by atoms with Crippen molar-refractivity contribution in [1.82, 2.24) is 9.97 Å². The molecule has 1 aromatic carbocycles. The molecule has 34 heavy (non-hydrogen) atoms. The molecule has 8 heteroatoms. The van der Waals surface area contributed by atoms with Crippen LogP contribution < -0.4 is 10.2 Å². The van der Waals surface area contributed by atoms with Gasteiger partial charge in [0, 0.05) is 29.3 Å². The highest BCUT2D eigenvalue weighted by Gasteiger charge is 2.55. The predicted molar refractivity (Wildman–Crippen MR) is 134 cm³/mol. The minimum atomic E-state index is -1.08. The second-order valence-electron chi connectivity index (χ2n) is 11.3. The molecule has 180 valence electrons. The molecule has 7 rings (SSSR count). The van der Waals surface area contributed by atoms with Gasteiger partial charge in [0.05, 0.1) is 28.6 Å². The van der Waals surface area contributed by atoms with Crippen molar-refractivity contribution >= 4 is 34.2 Å². The molecule has 2 aliphatic heterocycles. The lowest BCUT2D eigenvalue weighted by Gasteiger charge is -2.42. The Morgan fingerprint density at radius 2 is 1.79 bits per heavy atom. The average Bonchev–Trinajstić information content (AvgIpc) is 3.47. The quantitative estimate of drug-likeness (QED) is 0.642. The van der Waals surface area contributed by atoms with Gasteiger partial charge in [0.15, 0.2) is 0 Å². The largest absolute Gasteiger partial charge is 0.394 e. The number of aliphatic hydroxyl groups is 1. The molecule has 3 heterocycles. The molecule has 4 fully saturated rings. The number of nitrogens with zero attached hydrogens (tertiary/aromatic N) is 3. The van der Waals surface area contributed by atoms with Gasteiger partial charge in [-0.15, -0.1) is 0 Å². The summed E-state index contributed by atoms with van der Waals surface area (Å²) in [6, 6.07) is 8.41. The van der Waals surface area contributed by atoms with Crippen LogP contribution in [0.3, 0.4) is 0 Å². The van der Waals surface area contributed by atoms with Crippen LogP contribution in [-0.2, 0) is 16.2 Å². The molecule has 2 aromatic rings. The van der Waals surface area contributed by atoms with Crippen LogP contribution >= 0.6 is 11.6 Å². The number of fused-ring (bicyclic) bond motifs is 4. The molecule has 3 aliphatic carbocycles. The number of piperidine rings is 1. The zero-order chi connectivity index (χ0) is 23.1. The zero-order valence-electron chi connectivity index (χ0n) is 19.3. The second-order valence-corrected chi connectivity index (χ2v) is 13.1. The highest BCUT2D eigenvalue weighted by atomic mass is 35.5. The maximum Gasteiger partial charge on any atom is 0.227 e. The molecular weight excluding hydrogens is 468 g/mol. The van der Waals surface area contributed by atoms with Gasteiger partial charge in [-0.05, 0) is 80.4 Å². The van der Waals surface area contributed by atoms with E-state index in [9.17, 15) is 9.32 Å². The van der Waals surface area contributed by atoms with E-state index in [1.807, 2.05) is 12.1 Å². The number of hydrogen-bond donors (Lipinski definition) is 2. The first-order valence-corrected chi connectivity index (χ1v) is 14.4. The Hall–Kier alpha value is -1.70. The highest BCUT2D eigenvalue weighted by Crippen LogP contribution is 2.56. The lowest BCUT2D eigenvalue weighted by Crippen LogP contribution is -2.49. The van der Waals surface area contributed by atoms with E-state index in [1.54, 1.807) is 0 Å². The van der Waals surface area contributed by atoms with Crippen LogP contribution in [0, 0.1) is 11.8 Å². The normalized spacial score (nSPS) is 31.9. The van der Waals surface area contributed by atoms with Gasteiger partial charge in [0.2, 0.25) is 5.95 Å². The monoisotopic (exact) mass is 498 g/mol. The molecule has 0 amide bonds. The molecule has 2 unspecified atom stereocenters. The van der Waals surface area contributed by atoms with E-state index in [0.29, 0.717) is 29.3 Å². The Kier molecular flexibility index (Phi) is 4.85. The third kappa shape index (κ3) is 3.26. The zero-order valence-corrected chi connectivity index (χ0v) is 20.9. The number of rotatable bonds is 5. The predicted octanol–water partition coefficient (Wildman–Crippen LogP) is 4.24. The number of aromatic nitrogens is 2. The topological polar surface area (TPSA) is 78.4 Å². The molecule has 6 nitrogen and oxygen atoms in total. The van der Waals surface area contributed by atoms with Crippen LogP contribution in [0.2, 0.25) is 5.02 Å². The Morgan fingerprint density at radius 3 is 2.38 bits per heavy atom. The first-order chi connectivity index (χ1) is 16.5. The summed E-state index contributed by atoms with van der Waals surface area (Å²) < 4.78 is 13.2. The van der Waals surface area contributed by atoms with Crippen molar-refractivity contribution in [3.8, 4) is 0 Å². The van der Waals surface area contributed by atoms with Gasteiger partial charge in [-0.25, -0.2) is 4.98 Å². The Labute approximate surface area is 208 Å². The molecule has 1 saturated heterocycles. The fourth-order valence-corrected chi connectivity index (χ4v) is 8.94. The van der Waals surface area contributed by atoms with Gasteiger partial charge in [-0.2, -0.15) is 4.98 Å². The van der Waals surface area contributed by atoms with Gasteiger partial charge < -0.3 is 15.3 Å². The molecule has 1 spiro atoms. The van der Waals surface area contributed by atoms with E-state index in [4.69, 9.17) is 21.6 Å². The van der Waals surface area contributed by atoms with Crippen LogP contribution in [-0.4, -0.2) is 50.3 Å². The molecule has 2 N–H and O–H groups in total. The summed E-state index contributed by atoms with van der Waals surface area (Å²) in [6.45, 7) is 1.97. The van der Waals surface area contributed by atoms with Crippen LogP contribution in [0.15, 0.2) is 29.2 Å². The lowest BCUT2D eigenvalue weighted by molar-refractivity contribution is 0.143. The van der Waals surface area contributed by atoms with E-state index in [0.717, 1.165) is 66.8 Å². The summed E-state index contributed by atoms with van der Waals surface area (Å²) in [4.78, 5) is 13.3. The summed E-state index contributed by atoms with van der Waals surface area (Å²) in [5, 5.41) is 14.4. The van der Waals surface area contributed by atoms with Crippen molar-refractivity contribution in [2.45, 2.75) is 66.7 Å². The number of hydrogen-bond acceptors (Lipinski definition) is 6. The van der Waals surface area contributed by atoms with E-state index in [2.05, 4.69) is 22.3 Å². The summed E-state index contributed by atoms with van der Waals surface area (Å²) >= 11 is 6.14. The molecule has 3 saturated carbocycles. The molecule has 5 aliphatic rings. The number of nitrogens with one attached hydrogen (secondary N) is 1. The first-order valence-electron chi connectivity index (χ1n) is 12.7. The summed E-state index contributed by atoms with van der Waals surface area (Å²) in [5.41, 5.74) is 2.07. The first kappa shape index (κ1) is 21.6. The SMILES string of the molecule is O=[S@]1CC2(CC2)c2nc(N3CC4CCC(C3)C4c3ccc(Cl)cc3)nc(NC3(CO)CCC3)c21. The van der Waals surface area contributed by atoms with Crippen molar-refractivity contribution < 1.29 is 9.32 Å². The van der Waals surface area contributed by atoms with E-state index in [-0.39, 0.29) is 17.6 Å². The lowest BCUT2D eigenvalue weighted by atomic mass is 9.77. The van der Waals surface area contributed by atoms with E-state index >= 15 is 0 Å². The van der Waals surface area contributed by atoms with Crippen molar-refractivity contribution in [2.75, 3.05) is 35.7 Å². The van der Waals surface area contributed by atoms with Gasteiger partial charge in [-0.3, -0.25) is 4.21 Å². The van der Waals surface area contributed by atoms with E-state index < -0.39 is 10.8 Å². The Bertz CT molecular complexity index is 1140. The number of halogens is 1. The van der Waals surface area contributed by atoms with Crippen molar-refractivity contribution in [2.24, 2.45) is 11.8 Å². The number of anilines is 2. The summed E-state index contributed by atoms with van der Waals surface area (Å²) in [6.07, 6.45) is 7.53. The highest BCUT2D eigenvalue weighted by molar-refractivity contribution is 7.85. The van der Waals surface area contributed by atoms with Crippen molar-refractivity contribution in [3.63, 3.8) is 0 Å². The smallest absolute Gasteiger partial charge is 0.227 e. The Morgan fingerprint density at radius 1 is 1.09 bits per heavy atom. The maximum atomic E-state index is 13.2. The molecule has 2 bridgehead atoms. The van der Waals surface area contributed by atoms with Gasteiger partial charge in [-0.1, -0.05) is 23.7 Å². The van der Waals surface area contributed by atoms with Crippen molar-refractivity contribution in [3.05, 3.63) is 40.5 Å². The maximum absolute atomic E-state index is 13.2. The third-order valence-corrected chi connectivity index (χ3v) is 11.1. The fraction of sp³-hybridized carbons (Fsp3) is 0.615. The molecule has 1 aromatic heterocycles. The summed E-state index contributed by atoms with van der Waals surface area (Å²) in [5.74, 6) is 3.88. The van der Waals surface area contributed by atoms with Crippen LogP contribution in [0.5, 0.6) is 0 Å². The van der Waals surface area contributed by atoms with Crippen LogP contribution in [0.25, 0.3) is 0 Å². The average molecular weight is 499 g/mol. The second kappa shape index (κ2) is 7.65. The molecular formula is C26H31ClN4O2S. The minimum absolute atomic E-state index is 0.0130. The Balaban J connectivity index is 1.23. The van der Waals surface area contributed by atoms with Gasteiger partial charge in [0.1, 0.15) is 10.7 Å². The fourth-order valence-electron chi connectivity index (χ4n) is 6.96. The standard InChI is InChI=1S/C26H31ClN4O2S/c27-19-6-4-16(5-7-19)20-17-2-3-18(20)13-31(12-17)24-28-22-21(34(33)15-25(22)10-11-25)23(29-24)30-26(14-32)8-1-9-26/h4-7,17-18,20,32H,1-3,8-15H2,(H,28,29,30)/t17?,18?,20?,34-/m0/s1. The number of benzene rings is 1. The van der Waals surface area contributed by atoms with Gasteiger partial charge in [0.25, 0.3) is 0 Å². The molecule has 0 radical (unpaired) electrons. The van der Waals surface area contributed by atoms with Crippen LogP contribution in [0.4, 0.5) is 11.8 Å². The molecule has 3 atom stereocenters. The van der Waals surface area contributed by atoms with Gasteiger partial charge >= 0.3 is 0 Å².